The smallest absolute Gasteiger partial charge is 0.246 e. The van der Waals surface area contributed by atoms with Gasteiger partial charge in [-0.15, -0.1) is 0 Å². The van der Waals surface area contributed by atoms with Crippen LogP contribution in [0.25, 0.3) is 22.4 Å². The number of ether oxygens (including phenoxy) is 1. The number of methoxy groups -OCH3 is 1. The van der Waals surface area contributed by atoms with Gasteiger partial charge in [0.15, 0.2) is 0 Å². The number of pyridine rings is 1. The van der Waals surface area contributed by atoms with Crippen LogP contribution in [0, 0.1) is 0 Å². The molecule has 33 heavy (non-hydrogen) atoms. The zero-order valence-corrected chi connectivity index (χ0v) is 18.5. The first kappa shape index (κ1) is 20.9. The summed E-state index contributed by atoms with van der Waals surface area (Å²) >= 11 is 0. The van der Waals surface area contributed by atoms with E-state index in [1.807, 2.05) is 23.1 Å². The summed E-state index contributed by atoms with van der Waals surface area (Å²) in [5, 5.41) is 5.10. The summed E-state index contributed by atoms with van der Waals surface area (Å²) in [6.45, 7) is 1.28. The van der Waals surface area contributed by atoms with Crippen molar-refractivity contribution in [2.24, 2.45) is 0 Å². The molecule has 0 bridgehead atoms. The zero-order valence-electron chi connectivity index (χ0n) is 18.5. The number of nitrogens with one attached hydrogen (secondary N) is 1. The summed E-state index contributed by atoms with van der Waals surface area (Å²) in [6.07, 6.45) is 9.18. The third-order valence-electron chi connectivity index (χ3n) is 6.22. The van der Waals surface area contributed by atoms with Crippen molar-refractivity contribution in [1.29, 1.82) is 0 Å². The van der Waals surface area contributed by atoms with Crippen molar-refractivity contribution in [3.05, 3.63) is 77.5 Å². The monoisotopic (exact) mass is 439 g/mol. The summed E-state index contributed by atoms with van der Waals surface area (Å²) in [5.74, 6) is 1.46. The molecule has 0 aliphatic carbocycles. The molecule has 1 N–H and O–H groups in total. The average Bonchev–Trinajstić information content (AvgIpc) is 2.86. The average molecular weight is 440 g/mol. The van der Waals surface area contributed by atoms with E-state index in [4.69, 9.17) is 4.74 Å². The predicted molar refractivity (Wildman–Crippen MR) is 130 cm³/mol. The molecule has 0 fully saturated rings. The summed E-state index contributed by atoms with van der Waals surface area (Å²) in [7, 11) is 1.68. The van der Waals surface area contributed by atoms with Gasteiger partial charge in [0.25, 0.3) is 0 Å². The Kier molecular flexibility index (Phi) is 5.65. The maximum atomic E-state index is 12.7. The van der Waals surface area contributed by atoms with Crippen molar-refractivity contribution in [3.63, 3.8) is 0 Å². The van der Waals surface area contributed by atoms with Crippen LogP contribution in [-0.4, -0.2) is 41.9 Å². The van der Waals surface area contributed by atoms with E-state index in [0.717, 1.165) is 28.7 Å². The molecule has 0 saturated heterocycles. The lowest BCUT2D eigenvalue weighted by atomic mass is 9.96. The van der Waals surface area contributed by atoms with Gasteiger partial charge in [-0.2, -0.15) is 0 Å². The van der Waals surface area contributed by atoms with E-state index in [1.54, 1.807) is 25.5 Å². The second-order valence-electron chi connectivity index (χ2n) is 8.35. The molecule has 3 aromatic rings. The number of rotatable bonds is 4. The van der Waals surface area contributed by atoms with Gasteiger partial charge in [0, 0.05) is 31.8 Å². The van der Waals surface area contributed by atoms with E-state index in [1.165, 1.54) is 16.5 Å². The van der Waals surface area contributed by atoms with Crippen molar-refractivity contribution < 1.29 is 14.3 Å². The fourth-order valence-electron chi connectivity index (χ4n) is 4.32. The van der Waals surface area contributed by atoms with Crippen LogP contribution < -0.4 is 10.1 Å². The van der Waals surface area contributed by atoms with Crippen LogP contribution in [0.3, 0.4) is 0 Å². The number of amides is 2. The Hall–Kier alpha value is -3.93. The first-order chi connectivity index (χ1) is 16.1. The topological polar surface area (TPSA) is 71.5 Å². The number of carbonyl (C=O) groups excluding carboxylic acids is 2. The second kappa shape index (κ2) is 8.90. The van der Waals surface area contributed by atoms with Gasteiger partial charge in [-0.25, -0.2) is 4.98 Å². The Labute approximate surface area is 192 Å². The fraction of sp³-hybridized carbons (Fsp3) is 0.222. The predicted octanol–water partition coefficient (Wildman–Crippen LogP) is 4.46. The quantitative estimate of drug-likeness (QED) is 0.610. The summed E-state index contributed by atoms with van der Waals surface area (Å²) in [4.78, 5) is 30.3. The minimum absolute atomic E-state index is 0.00471. The minimum Gasteiger partial charge on any atom is -0.497 e. The molecular weight excluding hydrogens is 414 g/mol. The SMILES string of the molecule is COc1ccc2cc(C3=CCN(C(=O)/C=C/c4cnc5c(c4)CCC(=O)N5)CC3)ccc2c1. The maximum absolute atomic E-state index is 12.7. The van der Waals surface area contributed by atoms with E-state index >= 15 is 0 Å². The molecular formula is C27H25N3O3. The molecule has 0 saturated carbocycles. The molecule has 5 rings (SSSR count). The number of aryl methyl sites for hydroxylation is 1. The van der Waals surface area contributed by atoms with Crippen LogP contribution >= 0.6 is 0 Å². The van der Waals surface area contributed by atoms with Crippen LogP contribution in [0.4, 0.5) is 5.82 Å². The van der Waals surface area contributed by atoms with Gasteiger partial charge in [-0.05, 0) is 76.2 Å². The number of benzene rings is 2. The lowest BCUT2D eigenvalue weighted by Gasteiger charge is -2.25. The normalized spacial score (nSPS) is 15.8. The third-order valence-corrected chi connectivity index (χ3v) is 6.22. The first-order valence-electron chi connectivity index (χ1n) is 11.1. The molecule has 2 aromatic carbocycles. The highest BCUT2D eigenvalue weighted by atomic mass is 16.5. The highest BCUT2D eigenvalue weighted by Gasteiger charge is 2.18. The summed E-state index contributed by atoms with van der Waals surface area (Å²) in [5.41, 5.74) is 4.33. The maximum Gasteiger partial charge on any atom is 0.246 e. The van der Waals surface area contributed by atoms with E-state index in [-0.39, 0.29) is 11.8 Å². The van der Waals surface area contributed by atoms with Crippen molar-refractivity contribution in [3.8, 4) is 5.75 Å². The Morgan fingerprint density at radius 3 is 2.76 bits per heavy atom. The Bertz CT molecular complexity index is 1310. The van der Waals surface area contributed by atoms with Gasteiger partial charge in [-0.3, -0.25) is 9.59 Å². The molecule has 0 atom stereocenters. The molecule has 0 radical (unpaired) electrons. The van der Waals surface area contributed by atoms with Gasteiger partial charge < -0.3 is 15.0 Å². The summed E-state index contributed by atoms with van der Waals surface area (Å²) in [6, 6.07) is 14.5. The molecule has 3 heterocycles. The van der Waals surface area contributed by atoms with Crippen LogP contribution in [-0.2, 0) is 16.0 Å². The number of hydrogen-bond acceptors (Lipinski definition) is 4. The lowest BCUT2D eigenvalue weighted by molar-refractivity contribution is -0.125. The number of nitrogens with zero attached hydrogens (tertiary/aromatic N) is 2. The Morgan fingerprint density at radius 1 is 1.09 bits per heavy atom. The number of fused-ring (bicyclic) bond motifs is 2. The van der Waals surface area contributed by atoms with Gasteiger partial charge >= 0.3 is 0 Å². The molecule has 1 aromatic heterocycles. The largest absolute Gasteiger partial charge is 0.497 e. The fourth-order valence-corrected chi connectivity index (χ4v) is 4.32. The molecule has 0 spiro atoms. The van der Waals surface area contributed by atoms with E-state index in [2.05, 4.69) is 40.6 Å². The molecule has 6 nitrogen and oxygen atoms in total. The van der Waals surface area contributed by atoms with Gasteiger partial charge in [0.05, 0.1) is 7.11 Å². The molecule has 2 aliphatic heterocycles. The van der Waals surface area contributed by atoms with Crippen molar-refractivity contribution >= 4 is 40.1 Å². The van der Waals surface area contributed by atoms with Gasteiger partial charge in [0.2, 0.25) is 11.8 Å². The van der Waals surface area contributed by atoms with Gasteiger partial charge in [-0.1, -0.05) is 24.3 Å². The van der Waals surface area contributed by atoms with Crippen LogP contribution in [0.1, 0.15) is 29.5 Å². The van der Waals surface area contributed by atoms with Crippen molar-refractivity contribution in [2.45, 2.75) is 19.3 Å². The van der Waals surface area contributed by atoms with E-state index in [9.17, 15) is 9.59 Å². The number of hydrogen-bond donors (Lipinski definition) is 1. The zero-order chi connectivity index (χ0) is 22.8. The van der Waals surface area contributed by atoms with Crippen LogP contribution in [0.15, 0.2) is 60.8 Å². The standard InChI is InChI=1S/C27H25N3O3/c1-33-24-7-5-21-15-20(3-4-22(21)16-24)19-10-12-30(13-11-19)26(32)9-2-18-14-23-6-8-25(31)29-27(23)28-17-18/h2-5,7,9-10,14-17H,6,8,11-13H2,1H3,(H,28,29,31)/b9-2+. The van der Waals surface area contributed by atoms with Crippen LogP contribution in [0.2, 0.25) is 0 Å². The number of carbonyl (C=O) groups is 2. The second-order valence-corrected chi connectivity index (χ2v) is 8.35. The first-order valence-corrected chi connectivity index (χ1v) is 11.1. The van der Waals surface area contributed by atoms with E-state index < -0.39 is 0 Å². The Balaban J connectivity index is 1.24. The lowest BCUT2D eigenvalue weighted by Crippen LogP contribution is -2.33. The van der Waals surface area contributed by atoms with Crippen molar-refractivity contribution in [1.82, 2.24) is 9.88 Å². The molecule has 6 heteroatoms. The third kappa shape index (κ3) is 4.51. The summed E-state index contributed by atoms with van der Waals surface area (Å²) < 4.78 is 5.31. The van der Waals surface area contributed by atoms with Gasteiger partial charge in [0.1, 0.15) is 11.6 Å². The molecule has 166 valence electrons. The minimum atomic E-state index is -0.0121. The Morgan fingerprint density at radius 2 is 1.94 bits per heavy atom. The number of anilines is 1. The highest BCUT2D eigenvalue weighted by molar-refractivity contribution is 5.94. The van der Waals surface area contributed by atoms with Crippen molar-refractivity contribution in [2.75, 3.05) is 25.5 Å². The highest BCUT2D eigenvalue weighted by Crippen LogP contribution is 2.28. The van der Waals surface area contributed by atoms with E-state index in [0.29, 0.717) is 31.7 Å². The molecule has 2 amide bonds. The molecule has 0 unspecified atom stereocenters. The van der Waals surface area contributed by atoms with Crippen LogP contribution in [0.5, 0.6) is 5.75 Å². The number of aromatic nitrogens is 1. The molecule has 2 aliphatic rings.